The molecule has 2 nitrogen and oxygen atoms in total. The summed E-state index contributed by atoms with van der Waals surface area (Å²) < 4.78 is 0. The van der Waals surface area contributed by atoms with Crippen LogP contribution in [0.4, 0.5) is 0 Å². The second-order valence-electron chi connectivity index (χ2n) is 2.94. The van der Waals surface area contributed by atoms with Crippen LogP contribution in [0.25, 0.3) is 0 Å². The number of carbonyl (C=O) groups excluding carboxylic acids is 1. The number of hydrogen-bond donors (Lipinski definition) is 1. The van der Waals surface area contributed by atoms with Gasteiger partial charge in [-0.15, -0.1) is 0 Å². The van der Waals surface area contributed by atoms with Crippen LogP contribution in [-0.2, 0) is 4.79 Å². The molecule has 1 atom stereocenters. The van der Waals surface area contributed by atoms with Gasteiger partial charge in [0, 0.05) is 17.8 Å². The standard InChI is InChI=1S/C9H13NO/c1-6-4-10-8(3)9(6)7(2)5-11/h4-5,7,10H,1-3H3. The maximum Gasteiger partial charge on any atom is 0.127 e. The van der Waals surface area contributed by atoms with Crippen molar-refractivity contribution >= 4 is 6.29 Å². The SMILES string of the molecule is Cc1c[nH]c(C)c1C(C)C=O. The number of aromatic amines is 1. The van der Waals surface area contributed by atoms with Crippen LogP contribution in [0.2, 0.25) is 0 Å². The molecule has 11 heavy (non-hydrogen) atoms. The molecule has 1 unspecified atom stereocenters. The molecule has 0 fully saturated rings. The van der Waals surface area contributed by atoms with Crippen LogP contribution in [0.15, 0.2) is 6.20 Å². The van der Waals surface area contributed by atoms with Gasteiger partial charge in [-0.05, 0) is 25.0 Å². The number of aldehydes is 1. The smallest absolute Gasteiger partial charge is 0.127 e. The highest BCUT2D eigenvalue weighted by Crippen LogP contribution is 2.20. The van der Waals surface area contributed by atoms with Gasteiger partial charge in [-0.3, -0.25) is 0 Å². The van der Waals surface area contributed by atoms with Crippen molar-refractivity contribution in [2.45, 2.75) is 26.7 Å². The summed E-state index contributed by atoms with van der Waals surface area (Å²) in [6, 6.07) is 0. The number of nitrogens with one attached hydrogen (secondary N) is 1. The lowest BCUT2D eigenvalue weighted by molar-refractivity contribution is -0.108. The molecule has 0 aliphatic rings. The molecule has 0 aliphatic heterocycles. The predicted molar refractivity (Wildman–Crippen MR) is 44.7 cm³/mol. The van der Waals surface area contributed by atoms with Gasteiger partial charge in [-0.2, -0.15) is 0 Å². The lowest BCUT2D eigenvalue weighted by atomic mass is 10.00. The minimum Gasteiger partial charge on any atom is -0.365 e. The molecular weight excluding hydrogens is 138 g/mol. The van der Waals surface area contributed by atoms with Crippen molar-refractivity contribution in [2.24, 2.45) is 0 Å². The first-order valence-corrected chi connectivity index (χ1v) is 3.76. The third-order valence-electron chi connectivity index (χ3n) is 1.99. The van der Waals surface area contributed by atoms with Crippen LogP contribution in [0.1, 0.15) is 29.7 Å². The Morgan fingerprint density at radius 1 is 1.55 bits per heavy atom. The number of hydrogen-bond acceptors (Lipinski definition) is 1. The van der Waals surface area contributed by atoms with Gasteiger partial charge in [0.1, 0.15) is 6.29 Å². The van der Waals surface area contributed by atoms with Crippen molar-refractivity contribution in [3.8, 4) is 0 Å². The topological polar surface area (TPSA) is 32.9 Å². The van der Waals surface area contributed by atoms with Crippen molar-refractivity contribution in [2.75, 3.05) is 0 Å². The molecular formula is C9H13NO. The summed E-state index contributed by atoms with van der Waals surface area (Å²) in [6.07, 6.45) is 2.91. The van der Waals surface area contributed by atoms with Gasteiger partial charge in [-0.25, -0.2) is 0 Å². The van der Waals surface area contributed by atoms with Crippen molar-refractivity contribution in [1.29, 1.82) is 0 Å². The molecule has 0 spiro atoms. The number of rotatable bonds is 2. The number of carbonyl (C=O) groups is 1. The van der Waals surface area contributed by atoms with Gasteiger partial charge >= 0.3 is 0 Å². The average molecular weight is 151 g/mol. The van der Waals surface area contributed by atoms with Crippen molar-refractivity contribution < 1.29 is 4.79 Å². The van der Waals surface area contributed by atoms with Crippen LogP contribution < -0.4 is 0 Å². The third kappa shape index (κ3) is 1.34. The Morgan fingerprint density at radius 3 is 2.55 bits per heavy atom. The van der Waals surface area contributed by atoms with Gasteiger partial charge in [0.05, 0.1) is 0 Å². The van der Waals surface area contributed by atoms with E-state index in [2.05, 4.69) is 4.98 Å². The highest BCUT2D eigenvalue weighted by Gasteiger charge is 2.10. The maximum atomic E-state index is 10.5. The van der Waals surface area contributed by atoms with E-state index in [9.17, 15) is 4.79 Å². The Balaban J connectivity index is 3.09. The van der Waals surface area contributed by atoms with Crippen molar-refractivity contribution in [1.82, 2.24) is 4.98 Å². The van der Waals surface area contributed by atoms with E-state index < -0.39 is 0 Å². The Morgan fingerprint density at radius 2 is 2.18 bits per heavy atom. The summed E-state index contributed by atoms with van der Waals surface area (Å²) >= 11 is 0. The molecule has 1 aromatic rings. The van der Waals surface area contributed by atoms with Gasteiger partial charge in [0.15, 0.2) is 0 Å². The highest BCUT2D eigenvalue weighted by molar-refractivity contribution is 5.63. The first kappa shape index (κ1) is 8.05. The Bertz CT molecular complexity index is 243. The van der Waals surface area contributed by atoms with E-state index in [4.69, 9.17) is 0 Å². The summed E-state index contributed by atoms with van der Waals surface area (Å²) in [4.78, 5) is 13.6. The highest BCUT2D eigenvalue weighted by atomic mass is 16.1. The van der Waals surface area contributed by atoms with E-state index in [0.717, 1.165) is 17.5 Å². The minimum atomic E-state index is 0.0150. The fraction of sp³-hybridized carbons (Fsp3) is 0.444. The molecule has 0 aromatic carbocycles. The Hall–Kier alpha value is -1.05. The second kappa shape index (κ2) is 2.91. The normalized spacial score (nSPS) is 13.0. The van der Waals surface area contributed by atoms with Gasteiger partial charge in [-0.1, -0.05) is 6.92 Å². The number of H-pyrrole nitrogens is 1. The molecule has 1 aromatic heterocycles. The van der Waals surface area contributed by atoms with E-state index in [-0.39, 0.29) is 5.92 Å². The summed E-state index contributed by atoms with van der Waals surface area (Å²) in [6.45, 7) is 5.91. The largest absolute Gasteiger partial charge is 0.365 e. The summed E-state index contributed by atoms with van der Waals surface area (Å²) in [5, 5.41) is 0. The summed E-state index contributed by atoms with van der Waals surface area (Å²) in [5.74, 6) is 0.0150. The minimum absolute atomic E-state index is 0.0150. The monoisotopic (exact) mass is 151 g/mol. The van der Waals surface area contributed by atoms with Crippen LogP contribution in [0.3, 0.4) is 0 Å². The maximum absolute atomic E-state index is 10.5. The molecule has 1 heterocycles. The van der Waals surface area contributed by atoms with Crippen LogP contribution >= 0.6 is 0 Å². The van der Waals surface area contributed by atoms with E-state index in [1.54, 1.807) is 0 Å². The van der Waals surface area contributed by atoms with Crippen molar-refractivity contribution in [3.63, 3.8) is 0 Å². The Labute approximate surface area is 66.6 Å². The van der Waals surface area contributed by atoms with Crippen LogP contribution in [0.5, 0.6) is 0 Å². The summed E-state index contributed by atoms with van der Waals surface area (Å²) in [5.41, 5.74) is 3.41. The zero-order valence-electron chi connectivity index (χ0n) is 7.14. The number of aromatic nitrogens is 1. The first-order chi connectivity index (χ1) is 5.16. The molecule has 0 aliphatic carbocycles. The lowest BCUT2D eigenvalue weighted by Gasteiger charge is -2.03. The summed E-state index contributed by atoms with van der Waals surface area (Å²) in [7, 11) is 0. The van der Waals surface area contributed by atoms with Crippen LogP contribution in [-0.4, -0.2) is 11.3 Å². The van der Waals surface area contributed by atoms with E-state index in [1.165, 1.54) is 5.56 Å². The van der Waals surface area contributed by atoms with Gasteiger partial charge in [0.2, 0.25) is 0 Å². The van der Waals surface area contributed by atoms with E-state index >= 15 is 0 Å². The second-order valence-corrected chi connectivity index (χ2v) is 2.94. The first-order valence-electron chi connectivity index (χ1n) is 3.76. The third-order valence-corrected chi connectivity index (χ3v) is 1.99. The average Bonchev–Trinajstić information content (AvgIpc) is 2.30. The molecule has 0 amide bonds. The molecule has 0 saturated carbocycles. The van der Waals surface area contributed by atoms with E-state index in [1.807, 2.05) is 27.0 Å². The zero-order chi connectivity index (χ0) is 8.43. The molecule has 0 saturated heterocycles. The number of aryl methyl sites for hydroxylation is 2. The predicted octanol–water partition coefficient (Wildman–Crippen LogP) is 1.93. The quantitative estimate of drug-likeness (QED) is 0.644. The molecule has 1 N–H and O–H groups in total. The molecule has 2 heteroatoms. The fourth-order valence-corrected chi connectivity index (χ4v) is 1.44. The molecule has 1 rings (SSSR count). The lowest BCUT2D eigenvalue weighted by Crippen LogP contribution is -1.96. The van der Waals surface area contributed by atoms with E-state index in [0.29, 0.717) is 0 Å². The van der Waals surface area contributed by atoms with Crippen molar-refractivity contribution in [3.05, 3.63) is 23.0 Å². The van der Waals surface area contributed by atoms with Gasteiger partial charge in [0.25, 0.3) is 0 Å². The van der Waals surface area contributed by atoms with Gasteiger partial charge < -0.3 is 9.78 Å². The zero-order valence-corrected chi connectivity index (χ0v) is 7.14. The Kier molecular flexibility index (Phi) is 2.13. The molecule has 0 radical (unpaired) electrons. The molecule has 0 bridgehead atoms. The van der Waals surface area contributed by atoms with Crippen LogP contribution in [0, 0.1) is 13.8 Å². The molecule has 60 valence electrons. The fourth-order valence-electron chi connectivity index (χ4n) is 1.44.